The third-order valence-corrected chi connectivity index (χ3v) is 2.46. The Labute approximate surface area is 91.3 Å². The number of carbonyl (C=O) groups excluding carboxylic acids is 1. The first-order valence-electron chi connectivity index (χ1n) is 5.79. The normalized spacial score (nSPS) is 21.3. The molecule has 1 heterocycles. The Morgan fingerprint density at radius 1 is 1.60 bits per heavy atom. The number of morpholine rings is 1. The monoisotopic (exact) mass is 215 g/mol. The van der Waals surface area contributed by atoms with Gasteiger partial charge in [-0.25, -0.2) is 0 Å². The van der Waals surface area contributed by atoms with Gasteiger partial charge in [-0.2, -0.15) is 0 Å². The van der Waals surface area contributed by atoms with Crippen LogP contribution in [0.4, 0.5) is 0 Å². The number of unbranched alkanes of at least 4 members (excludes halogenated alkanes) is 1. The first-order valence-corrected chi connectivity index (χ1v) is 5.79. The molecule has 0 saturated carbocycles. The molecule has 4 nitrogen and oxygen atoms in total. The topological polar surface area (TPSA) is 47.6 Å². The Balaban J connectivity index is 2.00. The third kappa shape index (κ3) is 5.74. The van der Waals surface area contributed by atoms with E-state index in [1.165, 1.54) is 0 Å². The van der Waals surface area contributed by atoms with Crippen LogP contribution in [-0.2, 0) is 14.3 Å². The number of hydrogen-bond acceptors (Lipinski definition) is 4. The highest BCUT2D eigenvalue weighted by Crippen LogP contribution is 2.03. The fraction of sp³-hybridized carbons (Fsp3) is 0.909. The molecule has 1 N–H and O–H groups in total. The summed E-state index contributed by atoms with van der Waals surface area (Å²) in [6, 6.07) is 0.317. The van der Waals surface area contributed by atoms with E-state index in [2.05, 4.69) is 12.2 Å². The molecule has 15 heavy (non-hydrogen) atoms. The van der Waals surface area contributed by atoms with Gasteiger partial charge in [-0.05, 0) is 12.8 Å². The predicted molar refractivity (Wildman–Crippen MR) is 57.7 cm³/mol. The van der Waals surface area contributed by atoms with Crippen LogP contribution in [0.2, 0.25) is 0 Å². The Hall–Kier alpha value is -0.610. The van der Waals surface area contributed by atoms with E-state index in [0.717, 1.165) is 32.4 Å². The van der Waals surface area contributed by atoms with Crippen molar-refractivity contribution >= 4 is 5.97 Å². The van der Waals surface area contributed by atoms with E-state index in [1.807, 2.05) is 0 Å². The highest BCUT2D eigenvalue weighted by atomic mass is 16.5. The summed E-state index contributed by atoms with van der Waals surface area (Å²) in [6.45, 7) is 5.01. The number of hydrogen-bond donors (Lipinski definition) is 1. The lowest BCUT2D eigenvalue weighted by Gasteiger charge is -2.23. The summed E-state index contributed by atoms with van der Waals surface area (Å²) < 4.78 is 10.4. The minimum Gasteiger partial charge on any atom is -0.466 e. The standard InChI is InChI=1S/C11H21NO3/c1-2-3-7-15-11(13)5-4-10-9-14-8-6-12-10/h10,12H,2-9H2,1H3. The molecule has 0 bridgehead atoms. The molecule has 1 fully saturated rings. The molecule has 4 heteroatoms. The van der Waals surface area contributed by atoms with Crippen molar-refractivity contribution in [2.45, 2.75) is 38.6 Å². The number of carbonyl (C=O) groups is 1. The fourth-order valence-electron chi connectivity index (χ4n) is 1.50. The van der Waals surface area contributed by atoms with Gasteiger partial charge in [-0.3, -0.25) is 4.79 Å². The van der Waals surface area contributed by atoms with Crippen LogP contribution in [0.3, 0.4) is 0 Å². The van der Waals surface area contributed by atoms with E-state index in [4.69, 9.17) is 9.47 Å². The van der Waals surface area contributed by atoms with Gasteiger partial charge in [-0.15, -0.1) is 0 Å². The summed E-state index contributed by atoms with van der Waals surface area (Å²) in [5, 5.41) is 3.31. The minimum absolute atomic E-state index is 0.0872. The number of nitrogens with one attached hydrogen (secondary N) is 1. The van der Waals surface area contributed by atoms with Crippen molar-refractivity contribution in [2.75, 3.05) is 26.4 Å². The summed E-state index contributed by atoms with van der Waals surface area (Å²) in [5.74, 6) is -0.0872. The average Bonchev–Trinajstić information content (AvgIpc) is 2.28. The van der Waals surface area contributed by atoms with Crippen LogP contribution >= 0.6 is 0 Å². The molecule has 0 aromatic heterocycles. The summed E-state index contributed by atoms with van der Waals surface area (Å²) in [4.78, 5) is 11.3. The largest absolute Gasteiger partial charge is 0.466 e. The van der Waals surface area contributed by atoms with Crippen LogP contribution in [0.25, 0.3) is 0 Å². The predicted octanol–water partition coefficient (Wildman–Crippen LogP) is 1.10. The second-order valence-electron chi connectivity index (χ2n) is 3.84. The maximum atomic E-state index is 11.3. The van der Waals surface area contributed by atoms with E-state index >= 15 is 0 Å². The van der Waals surface area contributed by atoms with Crippen molar-refractivity contribution in [1.29, 1.82) is 0 Å². The lowest BCUT2D eigenvalue weighted by molar-refractivity contribution is -0.144. The van der Waals surface area contributed by atoms with Gasteiger partial charge in [0, 0.05) is 19.0 Å². The van der Waals surface area contributed by atoms with Crippen molar-refractivity contribution in [2.24, 2.45) is 0 Å². The second kappa shape index (κ2) is 7.65. The molecule has 1 aliphatic rings. The van der Waals surface area contributed by atoms with Crippen molar-refractivity contribution in [3.05, 3.63) is 0 Å². The Kier molecular flexibility index (Phi) is 6.36. The smallest absolute Gasteiger partial charge is 0.305 e. The van der Waals surface area contributed by atoms with Gasteiger partial charge in [-0.1, -0.05) is 13.3 Å². The van der Waals surface area contributed by atoms with Crippen molar-refractivity contribution in [3.63, 3.8) is 0 Å². The van der Waals surface area contributed by atoms with Gasteiger partial charge in [0.2, 0.25) is 0 Å². The summed E-state index contributed by atoms with van der Waals surface area (Å²) in [5.41, 5.74) is 0. The molecular weight excluding hydrogens is 194 g/mol. The van der Waals surface area contributed by atoms with Gasteiger partial charge in [0.05, 0.1) is 19.8 Å². The molecule has 0 aromatic carbocycles. The van der Waals surface area contributed by atoms with Gasteiger partial charge in [0.25, 0.3) is 0 Å². The molecule has 1 saturated heterocycles. The molecule has 0 radical (unpaired) electrons. The molecule has 88 valence electrons. The van der Waals surface area contributed by atoms with E-state index in [9.17, 15) is 4.79 Å². The SMILES string of the molecule is CCCCOC(=O)CCC1COCCN1. The fourth-order valence-corrected chi connectivity index (χ4v) is 1.50. The highest BCUT2D eigenvalue weighted by Gasteiger charge is 2.14. The third-order valence-electron chi connectivity index (χ3n) is 2.46. The molecule has 0 aromatic rings. The molecule has 1 unspecified atom stereocenters. The van der Waals surface area contributed by atoms with Gasteiger partial charge in [0.1, 0.15) is 0 Å². The maximum absolute atomic E-state index is 11.3. The van der Waals surface area contributed by atoms with E-state index in [0.29, 0.717) is 25.7 Å². The number of rotatable bonds is 6. The van der Waals surface area contributed by atoms with Crippen LogP contribution < -0.4 is 5.32 Å². The summed E-state index contributed by atoms with van der Waals surface area (Å²) in [6.07, 6.45) is 3.32. The van der Waals surface area contributed by atoms with Crippen LogP contribution in [0.15, 0.2) is 0 Å². The zero-order chi connectivity index (χ0) is 10.9. The van der Waals surface area contributed by atoms with Crippen molar-refractivity contribution in [1.82, 2.24) is 5.32 Å². The van der Waals surface area contributed by atoms with E-state index in [-0.39, 0.29) is 5.97 Å². The number of esters is 1. The summed E-state index contributed by atoms with van der Waals surface area (Å²) in [7, 11) is 0. The first kappa shape index (κ1) is 12.5. The first-order chi connectivity index (χ1) is 7.33. The number of ether oxygens (including phenoxy) is 2. The second-order valence-corrected chi connectivity index (χ2v) is 3.84. The zero-order valence-corrected chi connectivity index (χ0v) is 9.46. The highest BCUT2D eigenvalue weighted by molar-refractivity contribution is 5.69. The van der Waals surface area contributed by atoms with E-state index < -0.39 is 0 Å². The van der Waals surface area contributed by atoms with Gasteiger partial charge >= 0.3 is 5.97 Å². The Morgan fingerprint density at radius 3 is 3.13 bits per heavy atom. The average molecular weight is 215 g/mol. The van der Waals surface area contributed by atoms with Crippen LogP contribution in [0.5, 0.6) is 0 Å². The molecular formula is C11H21NO3. The van der Waals surface area contributed by atoms with E-state index in [1.54, 1.807) is 0 Å². The summed E-state index contributed by atoms with van der Waals surface area (Å²) >= 11 is 0. The zero-order valence-electron chi connectivity index (χ0n) is 9.46. The molecule has 1 rings (SSSR count). The molecule has 0 aliphatic carbocycles. The van der Waals surface area contributed by atoms with Gasteiger partial charge < -0.3 is 14.8 Å². The quantitative estimate of drug-likeness (QED) is 0.532. The van der Waals surface area contributed by atoms with Crippen LogP contribution in [0, 0.1) is 0 Å². The van der Waals surface area contributed by atoms with Crippen molar-refractivity contribution in [3.8, 4) is 0 Å². The lowest BCUT2D eigenvalue weighted by atomic mass is 10.1. The Bertz CT molecular complexity index is 179. The minimum atomic E-state index is -0.0872. The Morgan fingerprint density at radius 2 is 2.47 bits per heavy atom. The molecule has 1 aliphatic heterocycles. The molecule has 0 spiro atoms. The van der Waals surface area contributed by atoms with Gasteiger partial charge in [0.15, 0.2) is 0 Å². The molecule has 1 atom stereocenters. The maximum Gasteiger partial charge on any atom is 0.305 e. The lowest BCUT2D eigenvalue weighted by Crippen LogP contribution is -2.41. The van der Waals surface area contributed by atoms with Crippen molar-refractivity contribution < 1.29 is 14.3 Å². The van der Waals surface area contributed by atoms with Crippen LogP contribution in [-0.4, -0.2) is 38.4 Å². The van der Waals surface area contributed by atoms with Crippen LogP contribution in [0.1, 0.15) is 32.6 Å². The molecule has 0 amide bonds.